The van der Waals surface area contributed by atoms with Crippen molar-refractivity contribution < 1.29 is 19.5 Å². The number of aliphatic carboxylic acids is 1. The fraction of sp³-hybridized carbons (Fsp3) is 0.833. The number of carbonyl (C=O) groups excluding carboxylic acids is 2. The Hall–Kier alpha value is -2.36. The van der Waals surface area contributed by atoms with Crippen molar-refractivity contribution in [2.45, 2.75) is 76.7 Å². The molecule has 2 saturated heterocycles. The molecule has 2 aliphatic heterocycles. The van der Waals surface area contributed by atoms with Gasteiger partial charge in [-0.25, -0.2) is 0 Å². The van der Waals surface area contributed by atoms with Crippen LogP contribution in [-0.2, 0) is 14.4 Å². The molecule has 1 atom stereocenters. The summed E-state index contributed by atoms with van der Waals surface area (Å²) >= 11 is 0. The lowest BCUT2D eigenvalue weighted by atomic mass is 9.84. The highest BCUT2D eigenvalue weighted by Crippen LogP contribution is 2.28. The Labute approximate surface area is 203 Å². The Morgan fingerprint density at radius 2 is 1.62 bits per heavy atom. The van der Waals surface area contributed by atoms with Gasteiger partial charge in [-0.1, -0.05) is 32.1 Å². The summed E-state index contributed by atoms with van der Waals surface area (Å²) in [6, 6.07) is -0.313. The third-order valence-electron chi connectivity index (χ3n) is 7.24. The van der Waals surface area contributed by atoms with E-state index in [2.05, 4.69) is 10.6 Å². The second kappa shape index (κ2) is 15.5. The summed E-state index contributed by atoms with van der Waals surface area (Å²) in [7, 11) is 0. The summed E-state index contributed by atoms with van der Waals surface area (Å²) in [5.74, 6) is 0.622. The number of nitrogens with one attached hydrogen (secondary N) is 3. The first kappa shape index (κ1) is 27.9. The molecule has 2 heterocycles. The number of nitrogens with zero attached hydrogens (tertiary/aromatic N) is 2. The van der Waals surface area contributed by atoms with Crippen LogP contribution in [0, 0.1) is 17.2 Å². The Kier molecular flexibility index (Phi) is 12.7. The molecule has 1 unspecified atom stereocenters. The van der Waals surface area contributed by atoms with Crippen molar-refractivity contribution >= 4 is 24.2 Å². The van der Waals surface area contributed by atoms with Crippen LogP contribution in [-0.4, -0.2) is 84.5 Å². The molecule has 10 heteroatoms. The summed E-state index contributed by atoms with van der Waals surface area (Å²) in [6.45, 7) is 4.04. The molecule has 6 N–H and O–H groups in total. The number of carboxylic acids is 1. The monoisotopic (exact) mass is 480 g/mol. The average molecular weight is 481 g/mol. The summed E-state index contributed by atoms with van der Waals surface area (Å²) in [4.78, 5) is 37.1. The highest BCUT2D eigenvalue weighted by atomic mass is 16.4. The molecule has 1 aliphatic carbocycles. The number of hydrogen-bond acceptors (Lipinski definition) is 5. The van der Waals surface area contributed by atoms with E-state index in [1.807, 2.05) is 9.80 Å². The van der Waals surface area contributed by atoms with Gasteiger partial charge in [0, 0.05) is 32.7 Å². The van der Waals surface area contributed by atoms with Crippen molar-refractivity contribution in [1.82, 2.24) is 20.4 Å². The Morgan fingerprint density at radius 3 is 2.18 bits per heavy atom. The zero-order chi connectivity index (χ0) is 24.8. The second-order valence-electron chi connectivity index (χ2n) is 9.78. The largest absolute Gasteiger partial charge is 0.480 e. The lowest BCUT2D eigenvalue weighted by molar-refractivity contribution is -0.137. The molecule has 0 spiro atoms. The zero-order valence-electron chi connectivity index (χ0n) is 20.5. The Balaban J connectivity index is 0.000000257. The normalized spacial score (nSPS) is 20.2. The van der Waals surface area contributed by atoms with Crippen LogP contribution in [0.1, 0.15) is 70.6 Å². The summed E-state index contributed by atoms with van der Waals surface area (Å²) in [5, 5.41) is 21.7. The maximum Gasteiger partial charge on any atom is 0.317 e. The van der Waals surface area contributed by atoms with Crippen LogP contribution in [0.5, 0.6) is 0 Å². The molecule has 3 fully saturated rings. The molecule has 3 rings (SSSR count). The first-order valence-corrected chi connectivity index (χ1v) is 12.9. The van der Waals surface area contributed by atoms with Gasteiger partial charge in [-0.3, -0.25) is 25.1 Å². The fourth-order valence-electron chi connectivity index (χ4n) is 5.20. The van der Waals surface area contributed by atoms with Crippen LogP contribution in [0.15, 0.2) is 0 Å². The van der Waals surface area contributed by atoms with E-state index in [-0.39, 0.29) is 24.5 Å². The van der Waals surface area contributed by atoms with E-state index in [1.165, 1.54) is 32.1 Å². The third kappa shape index (κ3) is 10.3. The molecule has 0 aromatic carbocycles. The number of likely N-dealkylation sites (tertiary alicyclic amines) is 2. The van der Waals surface area contributed by atoms with Crippen molar-refractivity contribution in [3.8, 4) is 0 Å². The van der Waals surface area contributed by atoms with E-state index in [4.69, 9.17) is 16.2 Å². The van der Waals surface area contributed by atoms with E-state index >= 15 is 0 Å². The van der Waals surface area contributed by atoms with Crippen LogP contribution >= 0.6 is 0 Å². The van der Waals surface area contributed by atoms with Gasteiger partial charge in [0.05, 0.1) is 12.6 Å². The predicted octanol–water partition coefficient (Wildman–Crippen LogP) is 1.35. The number of carboxylic acid groups (broad SMARTS) is 1. The molecule has 2 amide bonds. The van der Waals surface area contributed by atoms with Gasteiger partial charge in [0.2, 0.25) is 12.3 Å². The molecular weight excluding hydrogens is 436 g/mol. The minimum absolute atomic E-state index is 0.106. The van der Waals surface area contributed by atoms with Gasteiger partial charge in [0.1, 0.15) is 0 Å². The van der Waals surface area contributed by atoms with Crippen molar-refractivity contribution in [1.29, 1.82) is 5.41 Å². The highest BCUT2D eigenvalue weighted by molar-refractivity contribution is 5.83. The van der Waals surface area contributed by atoms with E-state index in [1.54, 1.807) is 0 Å². The highest BCUT2D eigenvalue weighted by Gasteiger charge is 2.29. The molecule has 34 heavy (non-hydrogen) atoms. The first-order valence-electron chi connectivity index (χ1n) is 12.9. The molecular formula is C24H44N6O4. The lowest BCUT2D eigenvalue weighted by Gasteiger charge is -2.32. The minimum Gasteiger partial charge on any atom is -0.480 e. The molecule has 0 aromatic rings. The van der Waals surface area contributed by atoms with Gasteiger partial charge in [-0.15, -0.1) is 0 Å². The number of hydrogen-bond donors (Lipinski definition) is 5. The minimum atomic E-state index is -0.895. The molecule has 1 saturated carbocycles. The second-order valence-corrected chi connectivity index (χ2v) is 9.78. The van der Waals surface area contributed by atoms with Crippen LogP contribution in [0.4, 0.5) is 0 Å². The number of carbonyl (C=O) groups is 3. The van der Waals surface area contributed by atoms with Crippen molar-refractivity contribution in [3.63, 3.8) is 0 Å². The van der Waals surface area contributed by atoms with Crippen LogP contribution in [0.3, 0.4) is 0 Å². The van der Waals surface area contributed by atoms with Gasteiger partial charge in [-0.2, -0.15) is 0 Å². The number of guanidine groups is 1. The maximum absolute atomic E-state index is 12.5. The van der Waals surface area contributed by atoms with E-state index in [9.17, 15) is 14.4 Å². The van der Waals surface area contributed by atoms with Crippen molar-refractivity contribution in [3.05, 3.63) is 0 Å². The first-order chi connectivity index (χ1) is 16.4. The molecule has 3 aliphatic rings. The zero-order valence-corrected chi connectivity index (χ0v) is 20.5. The average Bonchev–Trinajstić information content (AvgIpc) is 3.38. The van der Waals surface area contributed by atoms with E-state index in [0.717, 1.165) is 77.7 Å². The fourth-order valence-corrected chi connectivity index (χ4v) is 5.20. The van der Waals surface area contributed by atoms with Crippen LogP contribution < -0.4 is 16.4 Å². The van der Waals surface area contributed by atoms with Gasteiger partial charge in [0.25, 0.3) is 0 Å². The smallest absolute Gasteiger partial charge is 0.317 e. The van der Waals surface area contributed by atoms with Crippen molar-refractivity contribution in [2.24, 2.45) is 17.6 Å². The summed E-state index contributed by atoms with van der Waals surface area (Å²) in [6.07, 6.45) is 13.0. The van der Waals surface area contributed by atoms with Crippen LogP contribution in [0.25, 0.3) is 0 Å². The van der Waals surface area contributed by atoms with Crippen molar-refractivity contribution in [2.75, 3.05) is 39.3 Å². The summed E-state index contributed by atoms with van der Waals surface area (Å²) in [5.41, 5.74) is 5.38. The number of piperidine rings is 1. The van der Waals surface area contributed by atoms with Crippen LogP contribution in [0.2, 0.25) is 0 Å². The number of nitrogens with two attached hydrogens (primary N) is 1. The molecule has 194 valence electrons. The number of amides is 2. The van der Waals surface area contributed by atoms with Gasteiger partial charge >= 0.3 is 5.97 Å². The van der Waals surface area contributed by atoms with Gasteiger partial charge in [0.15, 0.2) is 5.96 Å². The number of rotatable bonds is 10. The maximum atomic E-state index is 12.5. The molecule has 0 bridgehead atoms. The molecule has 0 aromatic heterocycles. The Morgan fingerprint density at radius 1 is 0.971 bits per heavy atom. The third-order valence-corrected chi connectivity index (χ3v) is 7.24. The topological polar surface area (TPSA) is 152 Å². The van der Waals surface area contributed by atoms with Gasteiger partial charge < -0.3 is 26.0 Å². The predicted molar refractivity (Wildman–Crippen MR) is 131 cm³/mol. The van der Waals surface area contributed by atoms with Gasteiger partial charge in [-0.05, 0) is 50.4 Å². The summed E-state index contributed by atoms with van der Waals surface area (Å²) < 4.78 is 0. The van der Waals surface area contributed by atoms with E-state index < -0.39 is 5.97 Å². The SMILES string of the molecule is N=C(N)N1CCC(CCNC=O)CC1.O=C(O)CNC(CC1CCCCC1)C(=O)N1CCCC1. The molecule has 0 radical (unpaired) electrons. The molecule has 10 nitrogen and oxygen atoms in total. The van der Waals surface area contributed by atoms with E-state index in [0.29, 0.717) is 11.8 Å². The standard InChI is InChI=1S/C15H26N2O3.C9H18N4O/c18-14(19)11-16-13(10-12-6-2-1-3-7-12)15(20)17-8-4-5-9-17;10-9(11)13-5-2-8(3-6-13)1-4-12-7-14/h12-13,16H,1-11H2,(H,18,19);7-8H,1-6H2,(H3,10,11)(H,12,14). The lowest BCUT2D eigenvalue weighted by Crippen LogP contribution is -2.48. The Bertz CT molecular complexity index is 641. The quantitative estimate of drug-likeness (QED) is 0.137.